The van der Waals surface area contributed by atoms with Crippen LogP contribution in [0.4, 0.5) is 0 Å². The first kappa shape index (κ1) is 7.83. The molecule has 1 aliphatic heterocycles. The fourth-order valence-corrected chi connectivity index (χ4v) is 2.40. The molecule has 0 aromatic heterocycles. The van der Waals surface area contributed by atoms with Crippen LogP contribution in [0.2, 0.25) is 0 Å². The Kier molecular flexibility index (Phi) is 4.24. The molecule has 1 rings (SSSR count). The number of rotatable bonds is 0. The van der Waals surface area contributed by atoms with Gasteiger partial charge in [-0.1, -0.05) is 0 Å². The third-order valence-electron chi connectivity index (χ3n) is 1.24. The van der Waals surface area contributed by atoms with Gasteiger partial charge in [0, 0.05) is 0 Å². The summed E-state index contributed by atoms with van der Waals surface area (Å²) in [6, 6.07) is 0. The Morgan fingerprint density at radius 1 is 1.14 bits per heavy atom. The summed E-state index contributed by atoms with van der Waals surface area (Å²) in [4.78, 5) is 0. The Balaban J connectivity index is 0.000000360. The van der Waals surface area contributed by atoms with Crippen molar-refractivity contribution in [1.82, 2.24) is 0 Å². The summed E-state index contributed by atoms with van der Waals surface area (Å²) in [5.74, 6) is 3.03. The first-order valence-corrected chi connectivity index (χ1v) is 4.46. The van der Waals surface area contributed by atoms with Gasteiger partial charge in [-0.05, 0) is 23.7 Å². The van der Waals surface area contributed by atoms with Crippen LogP contribution >= 0.6 is 0 Å². The van der Waals surface area contributed by atoms with Gasteiger partial charge < -0.3 is 17.0 Å². The van der Waals surface area contributed by atoms with E-state index in [2.05, 4.69) is 6.26 Å². The predicted molar refractivity (Wildman–Crippen MR) is 32.3 cm³/mol. The van der Waals surface area contributed by atoms with Crippen molar-refractivity contribution in [3.8, 4) is 0 Å². The quantitative estimate of drug-likeness (QED) is 0.382. The van der Waals surface area contributed by atoms with Crippen molar-refractivity contribution in [1.29, 1.82) is 0 Å². The third kappa shape index (κ3) is 2.60. The molecule has 0 amide bonds. The Morgan fingerprint density at radius 3 is 1.71 bits per heavy atom. The highest BCUT2D eigenvalue weighted by Gasteiger charge is 2.16. The molecule has 0 saturated carbocycles. The highest BCUT2D eigenvalue weighted by molar-refractivity contribution is 7.96. The summed E-state index contributed by atoms with van der Waals surface area (Å²) < 4.78 is 0. The molecule has 0 aromatic rings. The maximum Gasteiger partial charge on any atom is 0.108 e. The molecule has 1 fully saturated rings. The van der Waals surface area contributed by atoms with E-state index in [1.54, 1.807) is 0 Å². The zero-order valence-electron chi connectivity index (χ0n) is 4.61. The van der Waals surface area contributed by atoms with Gasteiger partial charge in [0.2, 0.25) is 0 Å². The van der Waals surface area contributed by atoms with E-state index in [4.69, 9.17) is 0 Å². The van der Waals surface area contributed by atoms with Crippen LogP contribution in [0.5, 0.6) is 0 Å². The lowest BCUT2D eigenvalue weighted by atomic mass is 10.4. The smallest absolute Gasteiger partial charge is 0.108 e. The Hall–Kier alpha value is 0.830. The summed E-state index contributed by atoms with van der Waals surface area (Å²) in [5.41, 5.74) is 0. The van der Waals surface area contributed by atoms with Crippen LogP contribution in [-0.2, 0) is 10.9 Å². The van der Waals surface area contributed by atoms with Gasteiger partial charge in [-0.2, -0.15) is 0 Å². The van der Waals surface area contributed by atoms with Gasteiger partial charge in [-0.25, -0.2) is 0 Å². The first-order valence-electron chi connectivity index (χ1n) is 2.49. The molecule has 2 heteroatoms. The lowest BCUT2D eigenvalue weighted by Crippen LogP contribution is -3.00. The lowest BCUT2D eigenvalue weighted by Gasteiger charge is -1.81. The zero-order chi connectivity index (χ0) is 4.41. The Morgan fingerprint density at radius 2 is 1.57 bits per heavy atom. The second-order valence-electron chi connectivity index (χ2n) is 1.90. The van der Waals surface area contributed by atoms with E-state index in [1.165, 1.54) is 24.3 Å². The summed E-state index contributed by atoms with van der Waals surface area (Å²) in [6.07, 6.45) is 5.37. The van der Waals surface area contributed by atoms with E-state index >= 15 is 0 Å². The van der Waals surface area contributed by atoms with Gasteiger partial charge >= 0.3 is 0 Å². The summed E-state index contributed by atoms with van der Waals surface area (Å²) >= 11 is 0. The summed E-state index contributed by atoms with van der Waals surface area (Å²) in [7, 11) is 0.827. The maximum atomic E-state index is 2.37. The minimum absolute atomic E-state index is 0. The molecule has 0 aliphatic carbocycles. The minimum Gasteiger partial charge on any atom is -1.00 e. The molecule has 44 valence electrons. The average molecular weight is 183 g/mol. The van der Waals surface area contributed by atoms with Crippen molar-refractivity contribution in [2.45, 2.75) is 12.8 Å². The predicted octanol–water partition coefficient (Wildman–Crippen LogP) is -1.97. The fraction of sp³-hybridized carbons (Fsp3) is 1.00. The second kappa shape index (κ2) is 3.79. The van der Waals surface area contributed by atoms with Crippen molar-refractivity contribution < 1.29 is 17.0 Å². The van der Waals surface area contributed by atoms with E-state index in [0.29, 0.717) is 0 Å². The van der Waals surface area contributed by atoms with Gasteiger partial charge in [-0.15, -0.1) is 0 Å². The molecule has 0 nitrogen and oxygen atoms in total. The van der Waals surface area contributed by atoms with Gasteiger partial charge in [0.15, 0.2) is 0 Å². The number of hydrogen-bond donors (Lipinski definition) is 0. The van der Waals surface area contributed by atoms with Crippen LogP contribution in [0, 0.1) is 0 Å². The summed E-state index contributed by atoms with van der Waals surface area (Å²) in [6.45, 7) is 0. The zero-order valence-corrected chi connectivity index (χ0v) is 7.02. The van der Waals surface area contributed by atoms with Crippen LogP contribution in [0.15, 0.2) is 0 Å². The molecule has 0 spiro atoms. The van der Waals surface area contributed by atoms with Gasteiger partial charge in [0.1, 0.15) is 11.5 Å². The first-order chi connectivity index (χ1) is 2.89. The molecule has 0 atom stereocenters. The van der Waals surface area contributed by atoms with Crippen LogP contribution in [-0.4, -0.2) is 17.8 Å². The van der Waals surface area contributed by atoms with Crippen LogP contribution in [0.3, 0.4) is 0 Å². The van der Waals surface area contributed by atoms with Crippen molar-refractivity contribution in [3.63, 3.8) is 0 Å². The largest absolute Gasteiger partial charge is 1.00 e. The number of hydrogen-bond acceptors (Lipinski definition) is 0. The molecule has 1 aliphatic rings. The van der Waals surface area contributed by atoms with E-state index in [-0.39, 0.29) is 17.0 Å². The monoisotopic (exact) mass is 182 g/mol. The standard InChI is InChI=1S/C5H11S.BrH/c1-6-4-2-3-5-6;/h2-5H2,1H3;1H/q+1;/p-1. The highest BCUT2D eigenvalue weighted by Crippen LogP contribution is 2.08. The van der Waals surface area contributed by atoms with Crippen molar-refractivity contribution >= 4 is 10.9 Å². The molecular weight excluding hydrogens is 172 g/mol. The van der Waals surface area contributed by atoms with Crippen LogP contribution < -0.4 is 17.0 Å². The van der Waals surface area contributed by atoms with Crippen LogP contribution in [0.25, 0.3) is 0 Å². The van der Waals surface area contributed by atoms with Crippen molar-refractivity contribution in [2.24, 2.45) is 0 Å². The van der Waals surface area contributed by atoms with E-state index in [1.807, 2.05) is 0 Å². The topological polar surface area (TPSA) is 0 Å². The lowest BCUT2D eigenvalue weighted by molar-refractivity contribution is -0.00000135. The Bertz CT molecular complexity index is 41.3. The molecule has 1 heterocycles. The SMILES string of the molecule is C[S+]1CCCC1.[Br-]. The Labute approximate surface area is 58.8 Å². The normalized spacial score (nSPS) is 21.9. The highest BCUT2D eigenvalue weighted by atomic mass is 79.9. The molecule has 0 aromatic carbocycles. The second-order valence-corrected chi connectivity index (χ2v) is 4.28. The van der Waals surface area contributed by atoms with E-state index in [9.17, 15) is 0 Å². The van der Waals surface area contributed by atoms with E-state index < -0.39 is 0 Å². The molecule has 0 unspecified atom stereocenters. The molecule has 0 bridgehead atoms. The molecule has 1 saturated heterocycles. The van der Waals surface area contributed by atoms with Gasteiger partial charge in [0.25, 0.3) is 0 Å². The molecule has 0 N–H and O–H groups in total. The molecule has 0 radical (unpaired) electrons. The van der Waals surface area contributed by atoms with Gasteiger partial charge in [-0.3, -0.25) is 0 Å². The van der Waals surface area contributed by atoms with Crippen molar-refractivity contribution in [2.75, 3.05) is 17.8 Å². The number of halogens is 1. The fourth-order valence-electron chi connectivity index (χ4n) is 0.799. The maximum absolute atomic E-state index is 2.37. The summed E-state index contributed by atoms with van der Waals surface area (Å²) in [5, 5.41) is 0. The van der Waals surface area contributed by atoms with Crippen molar-refractivity contribution in [3.05, 3.63) is 0 Å². The van der Waals surface area contributed by atoms with Crippen LogP contribution in [0.1, 0.15) is 12.8 Å². The molecule has 7 heavy (non-hydrogen) atoms. The van der Waals surface area contributed by atoms with Gasteiger partial charge in [0.05, 0.1) is 6.26 Å². The third-order valence-corrected chi connectivity index (χ3v) is 3.21. The minimum atomic E-state index is 0. The molecular formula is C5H11BrS. The average Bonchev–Trinajstić information content (AvgIpc) is 1.86. The van der Waals surface area contributed by atoms with E-state index in [0.717, 1.165) is 10.9 Å².